The Morgan fingerprint density at radius 3 is 2.72 bits per heavy atom. The zero-order chi connectivity index (χ0) is 13.1. The molecule has 0 aliphatic rings. The van der Waals surface area contributed by atoms with Gasteiger partial charge >= 0.3 is 6.03 Å². The lowest BCUT2D eigenvalue weighted by molar-refractivity contribution is 0.139. The Bertz CT molecular complexity index is 385. The predicted octanol–water partition coefficient (Wildman–Crippen LogP) is 1.18. The Hall–Kier alpha value is -1.99. The fraction of sp³-hybridized carbons (Fsp3) is 0.357. The lowest BCUT2D eigenvalue weighted by Crippen LogP contribution is -2.37. The SMILES string of the molecule is C#CCNC(=O)NCCOCCc1ccccc1. The van der Waals surface area contributed by atoms with Crippen LogP contribution < -0.4 is 10.6 Å². The van der Waals surface area contributed by atoms with Gasteiger partial charge in [-0.1, -0.05) is 36.3 Å². The molecule has 0 unspecified atom stereocenters. The molecule has 0 aromatic heterocycles. The van der Waals surface area contributed by atoms with E-state index >= 15 is 0 Å². The second-order valence-corrected chi connectivity index (χ2v) is 3.66. The van der Waals surface area contributed by atoms with Crippen molar-refractivity contribution in [3.63, 3.8) is 0 Å². The molecule has 96 valence electrons. The van der Waals surface area contributed by atoms with Gasteiger partial charge in [0.05, 0.1) is 19.8 Å². The maximum absolute atomic E-state index is 11.1. The standard InChI is InChI=1S/C14H18N2O2/c1-2-9-15-14(17)16-10-12-18-11-8-13-6-4-3-5-7-13/h1,3-7H,8-12H2,(H2,15,16,17). The van der Waals surface area contributed by atoms with Crippen LogP contribution in [0, 0.1) is 12.3 Å². The van der Waals surface area contributed by atoms with Crippen LogP contribution in [0.25, 0.3) is 0 Å². The Balaban J connectivity index is 1.96. The molecule has 0 bridgehead atoms. The summed E-state index contributed by atoms with van der Waals surface area (Å²) in [7, 11) is 0. The van der Waals surface area contributed by atoms with E-state index in [9.17, 15) is 4.79 Å². The van der Waals surface area contributed by atoms with Crippen molar-refractivity contribution in [1.29, 1.82) is 0 Å². The van der Waals surface area contributed by atoms with Crippen molar-refractivity contribution in [2.75, 3.05) is 26.3 Å². The monoisotopic (exact) mass is 246 g/mol. The number of amides is 2. The number of terminal acetylenes is 1. The topological polar surface area (TPSA) is 50.4 Å². The molecule has 0 aliphatic carbocycles. The third kappa shape index (κ3) is 6.56. The molecule has 4 heteroatoms. The number of carbonyl (C=O) groups is 1. The first-order valence-electron chi connectivity index (χ1n) is 5.90. The summed E-state index contributed by atoms with van der Waals surface area (Å²) in [6.07, 6.45) is 5.89. The van der Waals surface area contributed by atoms with E-state index in [0.29, 0.717) is 19.8 Å². The van der Waals surface area contributed by atoms with Crippen LogP contribution in [0.2, 0.25) is 0 Å². The van der Waals surface area contributed by atoms with Gasteiger partial charge in [0, 0.05) is 6.54 Å². The van der Waals surface area contributed by atoms with Gasteiger partial charge in [-0.25, -0.2) is 4.79 Å². The second kappa shape index (κ2) is 9.08. The van der Waals surface area contributed by atoms with E-state index in [0.717, 1.165) is 6.42 Å². The molecule has 18 heavy (non-hydrogen) atoms. The number of rotatable bonds is 7. The van der Waals surface area contributed by atoms with Crippen LogP contribution in [-0.2, 0) is 11.2 Å². The highest BCUT2D eigenvalue weighted by atomic mass is 16.5. The van der Waals surface area contributed by atoms with Gasteiger partial charge in [0.1, 0.15) is 0 Å². The van der Waals surface area contributed by atoms with Crippen LogP contribution in [0.3, 0.4) is 0 Å². The maximum Gasteiger partial charge on any atom is 0.315 e. The van der Waals surface area contributed by atoms with Crippen LogP contribution >= 0.6 is 0 Å². The number of ether oxygens (including phenoxy) is 1. The lowest BCUT2D eigenvalue weighted by Gasteiger charge is -2.06. The van der Waals surface area contributed by atoms with Crippen molar-refractivity contribution >= 4 is 6.03 Å². The van der Waals surface area contributed by atoms with Crippen LogP contribution in [-0.4, -0.2) is 32.3 Å². The first-order chi connectivity index (χ1) is 8.83. The third-order valence-electron chi connectivity index (χ3n) is 2.26. The molecular formula is C14H18N2O2. The number of benzene rings is 1. The molecule has 0 atom stereocenters. The Kier molecular flexibility index (Phi) is 7.10. The number of urea groups is 1. The second-order valence-electron chi connectivity index (χ2n) is 3.66. The molecule has 4 nitrogen and oxygen atoms in total. The summed E-state index contributed by atoms with van der Waals surface area (Å²) in [5, 5.41) is 5.15. The van der Waals surface area contributed by atoms with Crippen molar-refractivity contribution in [3.8, 4) is 12.3 Å². The first-order valence-corrected chi connectivity index (χ1v) is 5.90. The van der Waals surface area contributed by atoms with Gasteiger partial charge in [0.25, 0.3) is 0 Å². The van der Waals surface area contributed by atoms with E-state index in [1.54, 1.807) is 0 Å². The molecule has 0 radical (unpaired) electrons. The largest absolute Gasteiger partial charge is 0.379 e. The van der Waals surface area contributed by atoms with Crippen LogP contribution in [0.4, 0.5) is 4.79 Å². The minimum atomic E-state index is -0.264. The number of nitrogens with one attached hydrogen (secondary N) is 2. The molecule has 1 aromatic rings. The van der Waals surface area contributed by atoms with Gasteiger partial charge in [-0.05, 0) is 12.0 Å². The summed E-state index contributed by atoms with van der Waals surface area (Å²) in [5.41, 5.74) is 1.25. The summed E-state index contributed by atoms with van der Waals surface area (Å²) in [5.74, 6) is 2.32. The van der Waals surface area contributed by atoms with E-state index in [-0.39, 0.29) is 12.6 Å². The zero-order valence-electron chi connectivity index (χ0n) is 10.3. The number of hydrogen-bond acceptors (Lipinski definition) is 2. The van der Waals surface area contributed by atoms with Gasteiger partial charge in [0.15, 0.2) is 0 Å². The summed E-state index contributed by atoms with van der Waals surface area (Å²) in [6.45, 7) is 1.86. The molecular weight excluding hydrogens is 228 g/mol. The molecule has 0 spiro atoms. The fourth-order valence-corrected chi connectivity index (χ4v) is 1.37. The van der Waals surface area contributed by atoms with Crippen molar-refractivity contribution in [2.24, 2.45) is 0 Å². The summed E-state index contributed by atoms with van der Waals surface area (Å²) in [4.78, 5) is 11.1. The van der Waals surface area contributed by atoms with E-state index in [1.807, 2.05) is 18.2 Å². The Morgan fingerprint density at radius 2 is 2.00 bits per heavy atom. The van der Waals surface area contributed by atoms with E-state index in [4.69, 9.17) is 11.2 Å². The Labute approximate surface area is 108 Å². The van der Waals surface area contributed by atoms with Gasteiger partial charge in [-0.2, -0.15) is 0 Å². The lowest BCUT2D eigenvalue weighted by atomic mass is 10.2. The van der Waals surface area contributed by atoms with E-state index in [1.165, 1.54) is 5.56 Å². The number of carbonyl (C=O) groups excluding carboxylic acids is 1. The average molecular weight is 246 g/mol. The summed E-state index contributed by atoms with van der Waals surface area (Å²) >= 11 is 0. The summed E-state index contributed by atoms with van der Waals surface area (Å²) in [6, 6.07) is 9.87. The van der Waals surface area contributed by atoms with Gasteiger partial charge in [-0.3, -0.25) is 0 Å². The molecule has 1 aromatic carbocycles. The normalized spacial score (nSPS) is 9.50. The molecule has 0 fully saturated rings. The molecule has 0 saturated carbocycles. The van der Waals surface area contributed by atoms with Crippen molar-refractivity contribution in [1.82, 2.24) is 10.6 Å². The minimum absolute atomic E-state index is 0.237. The highest BCUT2D eigenvalue weighted by Crippen LogP contribution is 1.99. The molecule has 2 amide bonds. The molecule has 0 aliphatic heterocycles. The van der Waals surface area contributed by atoms with Crippen molar-refractivity contribution < 1.29 is 9.53 Å². The minimum Gasteiger partial charge on any atom is -0.379 e. The molecule has 0 heterocycles. The fourth-order valence-electron chi connectivity index (χ4n) is 1.37. The molecule has 1 rings (SSSR count). The maximum atomic E-state index is 11.1. The van der Waals surface area contributed by atoms with Gasteiger partial charge < -0.3 is 15.4 Å². The predicted molar refractivity (Wildman–Crippen MR) is 71.2 cm³/mol. The van der Waals surface area contributed by atoms with Crippen LogP contribution in [0.5, 0.6) is 0 Å². The Morgan fingerprint density at radius 1 is 1.22 bits per heavy atom. The third-order valence-corrected chi connectivity index (χ3v) is 2.26. The van der Waals surface area contributed by atoms with E-state index in [2.05, 4.69) is 28.7 Å². The van der Waals surface area contributed by atoms with E-state index < -0.39 is 0 Å². The van der Waals surface area contributed by atoms with Crippen LogP contribution in [0.15, 0.2) is 30.3 Å². The molecule has 0 saturated heterocycles. The zero-order valence-corrected chi connectivity index (χ0v) is 10.3. The van der Waals surface area contributed by atoms with Gasteiger partial charge in [0.2, 0.25) is 0 Å². The summed E-state index contributed by atoms with van der Waals surface area (Å²) < 4.78 is 5.41. The van der Waals surface area contributed by atoms with Gasteiger partial charge in [-0.15, -0.1) is 6.42 Å². The quantitative estimate of drug-likeness (QED) is 0.560. The molecule has 2 N–H and O–H groups in total. The first kappa shape index (κ1) is 14.1. The smallest absolute Gasteiger partial charge is 0.315 e. The number of hydrogen-bond donors (Lipinski definition) is 2. The van der Waals surface area contributed by atoms with Crippen molar-refractivity contribution in [2.45, 2.75) is 6.42 Å². The average Bonchev–Trinajstić information content (AvgIpc) is 2.41. The highest BCUT2D eigenvalue weighted by molar-refractivity contribution is 5.74. The highest BCUT2D eigenvalue weighted by Gasteiger charge is 1.97. The van der Waals surface area contributed by atoms with Crippen molar-refractivity contribution in [3.05, 3.63) is 35.9 Å². The van der Waals surface area contributed by atoms with Crippen LogP contribution in [0.1, 0.15) is 5.56 Å².